The number of halogens is 2. The van der Waals surface area contributed by atoms with Gasteiger partial charge in [-0.25, -0.2) is 8.78 Å². The summed E-state index contributed by atoms with van der Waals surface area (Å²) in [6, 6.07) is 0. The molecule has 0 saturated heterocycles. The molecular formula is C74H146F2O6. The van der Waals surface area contributed by atoms with Gasteiger partial charge in [-0.2, -0.15) is 0 Å². The number of aliphatic hydroxyl groups is 6. The number of hydrogen-bond donors (Lipinski definition) is 6. The van der Waals surface area contributed by atoms with Crippen LogP contribution in [0.5, 0.6) is 0 Å². The standard InChI is InChI=1S/2C10H20O.C10H20.C9H16F2O.2C9H18O.C9H18.C8H16O/c1-8(2)10-6-4-3-5-9(10)7-11;1-8(2)9-6-4-3-5-7-10(9)11;1-8(2)10-7-5-4-6-9(10)3;1-6(2)7-3-4-9(10,11)5-8(7)12;1-8(2)9(7-10)5-3-4-6-9;1-7(2)8-5-3-4-6-9(8)10;1-8(2)9-6-4-3-5-7-9;1-6(2)7-4-3-5-8(7)9/h2*8-11H,3-7H2,1-2H3;8-10H,4-7H2,1-3H3;6-8,12H,3-5H2,1-2H3;8,10H,3-7H2,1-2H3;7-10H,3-6H2,1-2H3;8-9H,3-7H2,1-2H3;6-9H,3-5H2,1-2H3. The zero-order chi connectivity index (χ0) is 62.2. The summed E-state index contributed by atoms with van der Waals surface area (Å²) in [5.41, 5.74) is 0.292. The lowest BCUT2D eigenvalue weighted by Gasteiger charge is -2.35. The molecule has 6 nitrogen and oxygen atoms in total. The van der Waals surface area contributed by atoms with E-state index >= 15 is 0 Å². The van der Waals surface area contributed by atoms with E-state index in [1.807, 2.05) is 13.8 Å². The molecule has 0 aromatic heterocycles. The molecule has 12 atom stereocenters. The van der Waals surface area contributed by atoms with Crippen molar-refractivity contribution in [3.8, 4) is 0 Å². The van der Waals surface area contributed by atoms with E-state index in [0.717, 1.165) is 60.7 Å². The van der Waals surface area contributed by atoms with Gasteiger partial charge in [0.2, 0.25) is 0 Å². The van der Waals surface area contributed by atoms with Crippen LogP contribution in [-0.2, 0) is 0 Å². The van der Waals surface area contributed by atoms with Crippen LogP contribution in [0.2, 0.25) is 0 Å². The summed E-state index contributed by atoms with van der Waals surface area (Å²) < 4.78 is 25.5. The molecular weight excluding hydrogens is 1020 g/mol. The fraction of sp³-hybridized carbons (Fsp3) is 1.00. The highest BCUT2D eigenvalue weighted by Gasteiger charge is 2.41. The van der Waals surface area contributed by atoms with Crippen LogP contribution in [0, 0.1) is 106 Å². The quantitative estimate of drug-likeness (QED) is 0.121. The van der Waals surface area contributed by atoms with E-state index < -0.39 is 12.0 Å². The Hall–Kier alpha value is -0.380. The summed E-state index contributed by atoms with van der Waals surface area (Å²) in [5.74, 6) is 9.16. The molecule has 0 spiro atoms. The van der Waals surface area contributed by atoms with Gasteiger partial charge in [-0.1, -0.05) is 233 Å². The maximum atomic E-state index is 12.7. The fourth-order valence-corrected chi connectivity index (χ4v) is 16.1. The number of rotatable bonds is 10. The lowest BCUT2D eigenvalue weighted by atomic mass is 9.74. The monoisotopic (exact) mass is 1170 g/mol. The Balaban J connectivity index is 0.000000469. The molecule has 0 aromatic carbocycles. The normalized spacial score (nSPS) is 32.0. The van der Waals surface area contributed by atoms with E-state index in [-0.39, 0.29) is 37.1 Å². The van der Waals surface area contributed by atoms with E-state index in [9.17, 15) is 34.3 Å². The topological polar surface area (TPSA) is 121 Å². The molecule has 8 aliphatic rings. The molecule has 0 amide bonds. The van der Waals surface area contributed by atoms with E-state index in [4.69, 9.17) is 5.11 Å². The van der Waals surface area contributed by atoms with Gasteiger partial charge in [-0.05, 0) is 183 Å². The molecule has 0 bridgehead atoms. The summed E-state index contributed by atoms with van der Waals surface area (Å²) in [6.07, 6.45) is 37.4. The van der Waals surface area contributed by atoms with Gasteiger partial charge in [0.15, 0.2) is 0 Å². The minimum Gasteiger partial charge on any atom is -0.396 e. The molecule has 6 N–H and O–H groups in total. The molecule has 12 unspecified atom stereocenters. The largest absolute Gasteiger partial charge is 0.396 e. The van der Waals surface area contributed by atoms with Crippen molar-refractivity contribution in [1.82, 2.24) is 0 Å². The minimum absolute atomic E-state index is 0.00463. The van der Waals surface area contributed by atoms with Crippen molar-refractivity contribution >= 4 is 0 Å². The van der Waals surface area contributed by atoms with Crippen molar-refractivity contribution in [2.24, 2.45) is 106 Å². The van der Waals surface area contributed by atoms with Crippen LogP contribution in [0.25, 0.3) is 0 Å². The minimum atomic E-state index is -2.63. The van der Waals surface area contributed by atoms with Crippen molar-refractivity contribution in [1.29, 1.82) is 0 Å². The van der Waals surface area contributed by atoms with E-state index in [1.165, 1.54) is 167 Å². The van der Waals surface area contributed by atoms with E-state index in [2.05, 4.69) is 104 Å². The van der Waals surface area contributed by atoms with Crippen LogP contribution in [0.4, 0.5) is 8.78 Å². The smallest absolute Gasteiger partial charge is 0.250 e. The number of alkyl halides is 2. The van der Waals surface area contributed by atoms with Crippen LogP contribution in [0.3, 0.4) is 0 Å². The first kappa shape index (κ1) is 79.6. The first-order valence-electron chi connectivity index (χ1n) is 35.9. The van der Waals surface area contributed by atoms with Crippen molar-refractivity contribution in [3.63, 3.8) is 0 Å². The third kappa shape index (κ3) is 31.2. The van der Waals surface area contributed by atoms with Gasteiger partial charge in [0.1, 0.15) is 0 Å². The molecule has 8 saturated carbocycles. The van der Waals surface area contributed by atoms with E-state index in [0.29, 0.717) is 78.3 Å². The average Bonchev–Trinajstić information content (AvgIpc) is 4.06. The predicted octanol–water partition coefficient (Wildman–Crippen LogP) is 20.3. The number of hydrogen-bond acceptors (Lipinski definition) is 6. The number of aliphatic hydroxyl groups excluding tert-OH is 6. The first-order valence-corrected chi connectivity index (χ1v) is 35.9. The second-order valence-corrected chi connectivity index (χ2v) is 31.2. The SMILES string of the molecule is CC(C)C1(CO)CCCC1.CC(C)C1CCC(F)(F)CC1O.CC(C)C1CCCC1O.CC(C)C1CCCCC1.CC(C)C1CCCCC1C.CC(C)C1CCCCC1CO.CC(C)C1CCCCC1O.CC(C)C1CCCCCC1O. The fourth-order valence-electron chi connectivity index (χ4n) is 16.1. The zero-order valence-electron chi connectivity index (χ0n) is 57.6. The zero-order valence-corrected chi connectivity index (χ0v) is 57.6. The Kier molecular flexibility index (Phi) is 42.1. The molecule has 0 radical (unpaired) electrons. The molecule has 0 aliphatic heterocycles. The van der Waals surface area contributed by atoms with Crippen LogP contribution >= 0.6 is 0 Å². The van der Waals surface area contributed by atoms with Gasteiger partial charge in [0, 0.05) is 26.1 Å². The first-order chi connectivity index (χ1) is 38.6. The summed E-state index contributed by atoms with van der Waals surface area (Å²) in [6.45, 7) is 38.9. The van der Waals surface area contributed by atoms with Gasteiger partial charge in [-0.3, -0.25) is 0 Å². The molecule has 82 heavy (non-hydrogen) atoms. The Bertz CT molecular complexity index is 1450. The summed E-state index contributed by atoms with van der Waals surface area (Å²) in [4.78, 5) is 0. The lowest BCUT2D eigenvalue weighted by Crippen LogP contribution is -2.38. The van der Waals surface area contributed by atoms with Crippen LogP contribution in [-0.4, -0.2) is 74.2 Å². The lowest BCUT2D eigenvalue weighted by molar-refractivity contribution is -0.105. The molecule has 0 aromatic rings. The Labute approximate surface area is 509 Å². The molecule has 0 heterocycles. The van der Waals surface area contributed by atoms with Crippen LogP contribution in [0.1, 0.15) is 323 Å². The highest BCUT2D eigenvalue weighted by molar-refractivity contribution is 4.87. The Morgan fingerprint density at radius 3 is 1.01 bits per heavy atom. The van der Waals surface area contributed by atoms with Crippen LogP contribution in [0.15, 0.2) is 0 Å². The van der Waals surface area contributed by atoms with Crippen molar-refractivity contribution in [2.75, 3.05) is 13.2 Å². The van der Waals surface area contributed by atoms with Gasteiger partial charge in [-0.15, -0.1) is 0 Å². The Morgan fingerprint density at radius 1 is 0.341 bits per heavy atom. The van der Waals surface area contributed by atoms with Gasteiger partial charge in [0.25, 0.3) is 5.92 Å². The highest BCUT2D eigenvalue weighted by Crippen LogP contribution is 2.44. The van der Waals surface area contributed by atoms with Crippen molar-refractivity contribution < 1.29 is 39.4 Å². The molecule has 492 valence electrons. The molecule has 8 heteroatoms. The molecule has 8 fully saturated rings. The third-order valence-corrected chi connectivity index (χ3v) is 22.4. The molecule has 8 aliphatic carbocycles. The predicted molar refractivity (Wildman–Crippen MR) is 349 cm³/mol. The van der Waals surface area contributed by atoms with Gasteiger partial charge in [0.05, 0.1) is 24.4 Å². The third-order valence-electron chi connectivity index (χ3n) is 22.4. The highest BCUT2D eigenvalue weighted by atomic mass is 19.3. The summed E-state index contributed by atoms with van der Waals surface area (Å²) >= 11 is 0. The maximum absolute atomic E-state index is 12.7. The Morgan fingerprint density at radius 2 is 0.683 bits per heavy atom. The second kappa shape index (κ2) is 43.3. The maximum Gasteiger partial charge on any atom is 0.250 e. The second-order valence-electron chi connectivity index (χ2n) is 31.2. The average molecular weight is 1170 g/mol. The van der Waals surface area contributed by atoms with Crippen molar-refractivity contribution in [2.45, 2.75) is 354 Å². The van der Waals surface area contributed by atoms with Gasteiger partial charge >= 0.3 is 0 Å². The van der Waals surface area contributed by atoms with Crippen molar-refractivity contribution in [3.05, 3.63) is 0 Å². The van der Waals surface area contributed by atoms with Crippen LogP contribution < -0.4 is 0 Å². The van der Waals surface area contributed by atoms with Gasteiger partial charge < -0.3 is 30.6 Å². The summed E-state index contributed by atoms with van der Waals surface area (Å²) in [7, 11) is 0. The summed E-state index contributed by atoms with van der Waals surface area (Å²) in [5, 5.41) is 56.3. The molecule has 8 rings (SSSR count). The van der Waals surface area contributed by atoms with E-state index in [1.54, 1.807) is 0 Å².